The van der Waals surface area contributed by atoms with Crippen LogP contribution >= 0.6 is 0 Å². The number of nitrogens with zero attached hydrogens (tertiary/aromatic N) is 2. The molecule has 122 valence electrons. The highest BCUT2D eigenvalue weighted by Crippen LogP contribution is 2.24. The maximum absolute atomic E-state index is 12.3. The van der Waals surface area contributed by atoms with E-state index >= 15 is 0 Å². The van der Waals surface area contributed by atoms with Crippen molar-refractivity contribution < 1.29 is 0 Å². The summed E-state index contributed by atoms with van der Waals surface area (Å²) in [6, 6.07) is 11.6. The quantitative estimate of drug-likeness (QED) is 0.688. The lowest BCUT2D eigenvalue weighted by molar-refractivity contribution is 0.479. The van der Waals surface area contributed by atoms with Crippen molar-refractivity contribution in [3.8, 4) is 11.5 Å². The summed E-state index contributed by atoms with van der Waals surface area (Å²) in [6.07, 6.45) is 3.85. The van der Waals surface area contributed by atoms with Crippen molar-refractivity contribution in [2.45, 2.75) is 18.9 Å². The summed E-state index contributed by atoms with van der Waals surface area (Å²) < 4.78 is 0. The van der Waals surface area contributed by atoms with E-state index in [0.717, 1.165) is 31.6 Å². The van der Waals surface area contributed by atoms with Crippen molar-refractivity contribution in [2.24, 2.45) is 0 Å². The number of hydrogen-bond donors (Lipinski definition) is 3. The lowest BCUT2D eigenvalue weighted by Gasteiger charge is -2.25. The van der Waals surface area contributed by atoms with E-state index in [1.54, 1.807) is 12.3 Å². The molecule has 0 unspecified atom stereocenters. The normalized spacial score (nSPS) is 15.5. The zero-order valence-electron chi connectivity index (χ0n) is 13.2. The van der Waals surface area contributed by atoms with Gasteiger partial charge in [-0.2, -0.15) is 0 Å². The van der Waals surface area contributed by atoms with Gasteiger partial charge in [-0.05, 0) is 50.2 Å². The molecule has 1 saturated heterocycles. The predicted octanol–water partition coefficient (Wildman–Crippen LogP) is 2.15. The summed E-state index contributed by atoms with van der Waals surface area (Å²) in [6.45, 7) is 2.02. The molecule has 6 heteroatoms. The highest BCUT2D eigenvalue weighted by Gasteiger charge is 2.16. The summed E-state index contributed by atoms with van der Waals surface area (Å²) in [5.41, 5.74) is 2.12. The van der Waals surface area contributed by atoms with Crippen LogP contribution in [0, 0.1) is 0 Å². The number of anilines is 1. The Bertz CT molecular complexity index is 914. The molecule has 1 aromatic carbocycles. The first-order chi connectivity index (χ1) is 11.8. The van der Waals surface area contributed by atoms with Crippen LogP contribution in [0.15, 0.2) is 47.4 Å². The number of H-pyrrole nitrogens is 1. The Morgan fingerprint density at radius 3 is 2.79 bits per heavy atom. The number of pyridine rings is 1. The fourth-order valence-electron chi connectivity index (χ4n) is 3.10. The van der Waals surface area contributed by atoms with E-state index in [4.69, 9.17) is 0 Å². The molecular weight excluding hydrogens is 302 g/mol. The number of hydrogen-bond acceptors (Lipinski definition) is 5. The number of piperidine rings is 1. The van der Waals surface area contributed by atoms with Gasteiger partial charge in [0, 0.05) is 12.2 Å². The number of rotatable bonds is 3. The van der Waals surface area contributed by atoms with Gasteiger partial charge in [-0.15, -0.1) is 0 Å². The standard InChI is InChI=1S/C18H19N5O/c24-18-13-4-1-2-5-14(13)22-17(23-18)16-15(6-3-9-20-16)21-12-7-10-19-11-8-12/h1-6,9,12,19,21H,7-8,10-11H2,(H,22,23,24). The molecule has 0 radical (unpaired) electrons. The monoisotopic (exact) mass is 321 g/mol. The smallest absolute Gasteiger partial charge is 0.259 e. The van der Waals surface area contributed by atoms with Crippen LogP contribution in [0.3, 0.4) is 0 Å². The number of aromatic nitrogens is 3. The van der Waals surface area contributed by atoms with Crippen LogP contribution in [0.1, 0.15) is 12.8 Å². The highest BCUT2D eigenvalue weighted by molar-refractivity contribution is 5.80. The van der Waals surface area contributed by atoms with Gasteiger partial charge in [0.05, 0.1) is 16.6 Å². The van der Waals surface area contributed by atoms with Crippen LogP contribution in [0.2, 0.25) is 0 Å². The summed E-state index contributed by atoms with van der Waals surface area (Å²) in [5.74, 6) is 0.496. The molecule has 6 nitrogen and oxygen atoms in total. The van der Waals surface area contributed by atoms with Crippen LogP contribution in [0.5, 0.6) is 0 Å². The minimum absolute atomic E-state index is 0.144. The van der Waals surface area contributed by atoms with Crippen LogP contribution in [-0.2, 0) is 0 Å². The van der Waals surface area contributed by atoms with E-state index in [-0.39, 0.29) is 5.56 Å². The SMILES string of the molecule is O=c1[nH]c(-c2ncccc2NC2CCNCC2)nc2ccccc12. The van der Waals surface area contributed by atoms with Gasteiger partial charge in [-0.1, -0.05) is 12.1 Å². The minimum atomic E-state index is -0.144. The molecule has 2 aromatic heterocycles. The van der Waals surface area contributed by atoms with Crippen molar-refractivity contribution >= 4 is 16.6 Å². The van der Waals surface area contributed by atoms with Gasteiger partial charge < -0.3 is 15.6 Å². The third-order valence-corrected chi connectivity index (χ3v) is 4.34. The zero-order valence-corrected chi connectivity index (χ0v) is 13.2. The summed E-state index contributed by atoms with van der Waals surface area (Å²) in [4.78, 5) is 24.2. The Kier molecular flexibility index (Phi) is 3.96. The maximum Gasteiger partial charge on any atom is 0.259 e. The molecule has 0 saturated carbocycles. The summed E-state index contributed by atoms with van der Waals surface area (Å²) in [5, 5.41) is 7.50. The average Bonchev–Trinajstić information content (AvgIpc) is 2.63. The summed E-state index contributed by atoms with van der Waals surface area (Å²) >= 11 is 0. The number of nitrogens with one attached hydrogen (secondary N) is 3. The Labute approximate surface area is 139 Å². The Hall–Kier alpha value is -2.73. The molecule has 1 aliphatic heterocycles. The molecule has 3 aromatic rings. The lowest BCUT2D eigenvalue weighted by atomic mass is 10.1. The molecule has 1 fully saturated rings. The van der Waals surface area contributed by atoms with Crippen molar-refractivity contribution in [3.05, 3.63) is 52.9 Å². The largest absolute Gasteiger partial charge is 0.380 e. The lowest BCUT2D eigenvalue weighted by Crippen LogP contribution is -2.35. The summed E-state index contributed by atoms with van der Waals surface area (Å²) in [7, 11) is 0. The molecule has 24 heavy (non-hydrogen) atoms. The van der Waals surface area contributed by atoms with Gasteiger partial charge in [-0.25, -0.2) is 4.98 Å². The predicted molar refractivity (Wildman–Crippen MR) is 95.1 cm³/mol. The topological polar surface area (TPSA) is 82.7 Å². The van der Waals surface area contributed by atoms with Gasteiger partial charge in [0.15, 0.2) is 5.82 Å². The first-order valence-electron chi connectivity index (χ1n) is 8.23. The van der Waals surface area contributed by atoms with Gasteiger partial charge in [0.1, 0.15) is 5.69 Å². The van der Waals surface area contributed by atoms with Crippen molar-refractivity contribution in [1.29, 1.82) is 0 Å². The Morgan fingerprint density at radius 2 is 1.92 bits per heavy atom. The molecule has 3 N–H and O–H groups in total. The van der Waals surface area contributed by atoms with Gasteiger partial charge in [0.2, 0.25) is 0 Å². The molecule has 0 atom stereocenters. The second-order valence-corrected chi connectivity index (χ2v) is 6.00. The molecular formula is C18H19N5O. The molecule has 0 aliphatic carbocycles. The van der Waals surface area contributed by atoms with E-state index in [0.29, 0.717) is 28.5 Å². The van der Waals surface area contributed by atoms with Crippen LogP contribution < -0.4 is 16.2 Å². The fraction of sp³-hybridized carbons (Fsp3) is 0.278. The molecule has 0 spiro atoms. The molecule has 1 aliphatic rings. The number of para-hydroxylation sites is 1. The minimum Gasteiger partial charge on any atom is -0.380 e. The van der Waals surface area contributed by atoms with E-state index in [2.05, 4.69) is 25.6 Å². The van der Waals surface area contributed by atoms with Crippen molar-refractivity contribution in [1.82, 2.24) is 20.3 Å². The van der Waals surface area contributed by atoms with E-state index in [9.17, 15) is 4.79 Å². The Morgan fingerprint density at radius 1 is 1.08 bits per heavy atom. The van der Waals surface area contributed by atoms with Gasteiger partial charge in [-0.3, -0.25) is 9.78 Å². The molecule has 0 bridgehead atoms. The van der Waals surface area contributed by atoms with E-state index < -0.39 is 0 Å². The molecule has 3 heterocycles. The highest BCUT2D eigenvalue weighted by atomic mass is 16.1. The van der Waals surface area contributed by atoms with E-state index in [1.165, 1.54) is 0 Å². The second-order valence-electron chi connectivity index (χ2n) is 6.00. The number of fused-ring (bicyclic) bond motifs is 1. The zero-order chi connectivity index (χ0) is 16.4. The third-order valence-electron chi connectivity index (χ3n) is 4.34. The second kappa shape index (κ2) is 6.41. The first-order valence-corrected chi connectivity index (χ1v) is 8.23. The maximum atomic E-state index is 12.3. The van der Waals surface area contributed by atoms with Crippen molar-refractivity contribution in [2.75, 3.05) is 18.4 Å². The Balaban J connectivity index is 1.75. The third kappa shape index (κ3) is 2.88. The average molecular weight is 321 g/mol. The van der Waals surface area contributed by atoms with E-state index in [1.807, 2.05) is 30.3 Å². The van der Waals surface area contributed by atoms with Crippen LogP contribution in [-0.4, -0.2) is 34.1 Å². The number of aromatic amines is 1. The molecule has 4 rings (SSSR count). The van der Waals surface area contributed by atoms with Crippen molar-refractivity contribution in [3.63, 3.8) is 0 Å². The number of benzene rings is 1. The van der Waals surface area contributed by atoms with Gasteiger partial charge in [0.25, 0.3) is 5.56 Å². The molecule has 0 amide bonds. The van der Waals surface area contributed by atoms with Crippen LogP contribution in [0.25, 0.3) is 22.4 Å². The first kappa shape index (κ1) is 14.8. The van der Waals surface area contributed by atoms with Crippen LogP contribution in [0.4, 0.5) is 5.69 Å². The van der Waals surface area contributed by atoms with Gasteiger partial charge >= 0.3 is 0 Å². The fourth-order valence-corrected chi connectivity index (χ4v) is 3.10.